The summed E-state index contributed by atoms with van der Waals surface area (Å²) in [6.07, 6.45) is 1.10. The lowest BCUT2D eigenvalue weighted by Crippen LogP contribution is -2.28. The number of carbonyl (C=O) groups is 1. The van der Waals surface area contributed by atoms with Crippen molar-refractivity contribution >= 4 is 5.91 Å². The molecule has 4 heteroatoms. The van der Waals surface area contributed by atoms with Crippen molar-refractivity contribution < 1.29 is 9.53 Å². The zero-order valence-corrected chi connectivity index (χ0v) is 12.3. The molecule has 0 unspecified atom stereocenters. The van der Waals surface area contributed by atoms with Gasteiger partial charge in [0, 0.05) is 26.2 Å². The van der Waals surface area contributed by atoms with Crippen LogP contribution in [0.25, 0.3) is 0 Å². The Balaban J connectivity index is 2.71. The van der Waals surface area contributed by atoms with Gasteiger partial charge in [0.05, 0.1) is 0 Å². The molecule has 0 aliphatic carbocycles. The van der Waals surface area contributed by atoms with Crippen LogP contribution in [-0.4, -0.2) is 38.1 Å². The molecule has 0 radical (unpaired) electrons. The standard InChI is InChI=1S/C15H24N2O2/c1-5-9-16-10-13-8-6-7-12(2)15(13)19-11-14(18)17(3)4/h6-8,16H,5,9-11H2,1-4H3. The molecule has 1 rings (SSSR count). The Bertz CT molecular complexity index is 417. The summed E-state index contributed by atoms with van der Waals surface area (Å²) >= 11 is 0. The number of nitrogens with zero attached hydrogens (tertiary/aromatic N) is 1. The summed E-state index contributed by atoms with van der Waals surface area (Å²) in [5.74, 6) is 0.789. The number of benzene rings is 1. The van der Waals surface area contributed by atoms with E-state index in [1.807, 2.05) is 25.1 Å². The van der Waals surface area contributed by atoms with Crippen molar-refractivity contribution in [2.45, 2.75) is 26.8 Å². The fourth-order valence-corrected chi connectivity index (χ4v) is 1.72. The molecule has 0 spiro atoms. The van der Waals surface area contributed by atoms with Crippen LogP contribution in [0.1, 0.15) is 24.5 Å². The van der Waals surface area contributed by atoms with Crippen LogP contribution in [0.4, 0.5) is 0 Å². The lowest BCUT2D eigenvalue weighted by molar-refractivity contribution is -0.130. The molecule has 0 atom stereocenters. The maximum absolute atomic E-state index is 11.6. The van der Waals surface area contributed by atoms with Crippen molar-refractivity contribution in [2.75, 3.05) is 27.2 Å². The predicted molar refractivity (Wildman–Crippen MR) is 77.4 cm³/mol. The summed E-state index contributed by atoms with van der Waals surface area (Å²) in [5, 5.41) is 3.35. The number of hydrogen-bond acceptors (Lipinski definition) is 3. The number of rotatable bonds is 7. The fourth-order valence-electron chi connectivity index (χ4n) is 1.72. The summed E-state index contributed by atoms with van der Waals surface area (Å²) in [4.78, 5) is 13.1. The Kier molecular flexibility index (Phi) is 6.36. The average Bonchev–Trinajstić information content (AvgIpc) is 2.37. The van der Waals surface area contributed by atoms with Crippen LogP contribution in [0.5, 0.6) is 5.75 Å². The van der Waals surface area contributed by atoms with Crippen LogP contribution in [0.15, 0.2) is 18.2 Å². The summed E-state index contributed by atoms with van der Waals surface area (Å²) in [5.41, 5.74) is 2.15. The number of amides is 1. The first-order chi connectivity index (χ1) is 9.06. The Labute approximate surface area is 115 Å². The number of carbonyl (C=O) groups excluding carboxylic acids is 1. The first-order valence-corrected chi connectivity index (χ1v) is 6.68. The van der Waals surface area contributed by atoms with E-state index >= 15 is 0 Å². The average molecular weight is 264 g/mol. The molecular formula is C15H24N2O2. The Hall–Kier alpha value is -1.55. The zero-order valence-electron chi connectivity index (χ0n) is 12.3. The zero-order chi connectivity index (χ0) is 14.3. The van der Waals surface area contributed by atoms with E-state index in [1.165, 1.54) is 4.90 Å². The molecular weight excluding hydrogens is 240 g/mol. The summed E-state index contributed by atoms with van der Waals surface area (Å²) < 4.78 is 5.69. The second kappa shape index (κ2) is 7.79. The topological polar surface area (TPSA) is 41.6 Å². The molecule has 0 heterocycles. The fraction of sp³-hybridized carbons (Fsp3) is 0.533. The van der Waals surface area contributed by atoms with Gasteiger partial charge in [-0.2, -0.15) is 0 Å². The number of nitrogens with one attached hydrogen (secondary N) is 1. The molecule has 0 bridgehead atoms. The van der Waals surface area contributed by atoms with E-state index in [4.69, 9.17) is 4.74 Å². The van der Waals surface area contributed by atoms with E-state index in [0.29, 0.717) is 0 Å². The highest BCUT2D eigenvalue weighted by molar-refractivity contribution is 5.77. The van der Waals surface area contributed by atoms with Crippen LogP contribution < -0.4 is 10.1 Å². The van der Waals surface area contributed by atoms with Gasteiger partial charge in [0.25, 0.3) is 5.91 Å². The van der Waals surface area contributed by atoms with Crippen molar-refractivity contribution in [3.63, 3.8) is 0 Å². The number of hydrogen-bond donors (Lipinski definition) is 1. The third-order valence-corrected chi connectivity index (χ3v) is 2.87. The largest absolute Gasteiger partial charge is 0.483 e. The van der Waals surface area contributed by atoms with Gasteiger partial charge in [-0.3, -0.25) is 4.79 Å². The summed E-state index contributed by atoms with van der Waals surface area (Å²) in [6.45, 7) is 5.96. The van der Waals surface area contributed by atoms with Crippen LogP contribution in [0.2, 0.25) is 0 Å². The van der Waals surface area contributed by atoms with Crippen LogP contribution in [0, 0.1) is 6.92 Å². The minimum atomic E-state index is -0.0317. The summed E-state index contributed by atoms with van der Waals surface area (Å²) in [6, 6.07) is 6.04. The molecule has 0 aliphatic rings. The van der Waals surface area contributed by atoms with Crippen LogP contribution >= 0.6 is 0 Å². The molecule has 0 aromatic heterocycles. The van der Waals surface area contributed by atoms with Gasteiger partial charge in [0.2, 0.25) is 0 Å². The van der Waals surface area contributed by atoms with E-state index in [1.54, 1.807) is 14.1 Å². The highest BCUT2D eigenvalue weighted by atomic mass is 16.5. The van der Waals surface area contributed by atoms with Crippen molar-refractivity contribution in [3.8, 4) is 5.75 Å². The quantitative estimate of drug-likeness (QED) is 0.765. The Morgan fingerprint density at radius 1 is 1.37 bits per heavy atom. The highest BCUT2D eigenvalue weighted by Gasteiger charge is 2.10. The number of aryl methyl sites for hydroxylation is 1. The molecule has 1 N–H and O–H groups in total. The van der Waals surface area contributed by atoms with E-state index in [-0.39, 0.29) is 12.5 Å². The van der Waals surface area contributed by atoms with Crippen molar-refractivity contribution in [2.24, 2.45) is 0 Å². The maximum atomic E-state index is 11.6. The van der Waals surface area contributed by atoms with Crippen molar-refractivity contribution in [3.05, 3.63) is 29.3 Å². The van der Waals surface area contributed by atoms with E-state index in [2.05, 4.69) is 12.2 Å². The lowest BCUT2D eigenvalue weighted by atomic mass is 10.1. The Morgan fingerprint density at radius 2 is 2.11 bits per heavy atom. The third-order valence-electron chi connectivity index (χ3n) is 2.87. The highest BCUT2D eigenvalue weighted by Crippen LogP contribution is 2.23. The molecule has 1 amide bonds. The molecule has 1 aromatic rings. The van der Waals surface area contributed by atoms with Gasteiger partial charge in [-0.05, 0) is 25.5 Å². The van der Waals surface area contributed by atoms with E-state index in [0.717, 1.165) is 36.4 Å². The molecule has 0 fully saturated rings. The first kappa shape index (κ1) is 15.5. The molecule has 0 saturated heterocycles. The smallest absolute Gasteiger partial charge is 0.259 e. The van der Waals surface area contributed by atoms with Crippen molar-refractivity contribution in [1.82, 2.24) is 10.2 Å². The van der Waals surface area contributed by atoms with Gasteiger partial charge >= 0.3 is 0 Å². The number of likely N-dealkylation sites (N-methyl/N-ethyl adjacent to an activating group) is 1. The van der Waals surface area contributed by atoms with Crippen molar-refractivity contribution in [1.29, 1.82) is 0 Å². The van der Waals surface area contributed by atoms with Gasteiger partial charge in [-0.15, -0.1) is 0 Å². The summed E-state index contributed by atoms with van der Waals surface area (Å²) in [7, 11) is 3.46. The second-order valence-electron chi connectivity index (χ2n) is 4.82. The number of ether oxygens (including phenoxy) is 1. The van der Waals surface area contributed by atoms with Gasteiger partial charge in [0.1, 0.15) is 5.75 Å². The van der Waals surface area contributed by atoms with Gasteiger partial charge in [-0.25, -0.2) is 0 Å². The molecule has 4 nitrogen and oxygen atoms in total. The maximum Gasteiger partial charge on any atom is 0.259 e. The van der Waals surface area contributed by atoms with E-state index < -0.39 is 0 Å². The van der Waals surface area contributed by atoms with Crippen LogP contribution in [-0.2, 0) is 11.3 Å². The molecule has 1 aromatic carbocycles. The van der Waals surface area contributed by atoms with Gasteiger partial charge < -0.3 is 15.0 Å². The van der Waals surface area contributed by atoms with Crippen LogP contribution in [0.3, 0.4) is 0 Å². The SMILES string of the molecule is CCCNCc1cccc(C)c1OCC(=O)N(C)C. The van der Waals surface area contributed by atoms with Gasteiger partial charge in [-0.1, -0.05) is 25.1 Å². The van der Waals surface area contributed by atoms with Gasteiger partial charge in [0.15, 0.2) is 6.61 Å². The monoisotopic (exact) mass is 264 g/mol. The third kappa shape index (κ3) is 4.91. The lowest BCUT2D eigenvalue weighted by Gasteiger charge is -2.16. The molecule has 19 heavy (non-hydrogen) atoms. The molecule has 0 aliphatic heterocycles. The van der Waals surface area contributed by atoms with E-state index in [9.17, 15) is 4.79 Å². The minimum Gasteiger partial charge on any atom is -0.483 e. The molecule has 0 saturated carbocycles. The Morgan fingerprint density at radius 3 is 2.74 bits per heavy atom. The minimum absolute atomic E-state index is 0.0317. The first-order valence-electron chi connectivity index (χ1n) is 6.68. The number of para-hydroxylation sites is 1. The second-order valence-corrected chi connectivity index (χ2v) is 4.82. The predicted octanol–water partition coefficient (Wildman–Crippen LogP) is 1.96. The normalized spacial score (nSPS) is 10.3. The molecule has 106 valence electrons.